The summed E-state index contributed by atoms with van der Waals surface area (Å²) >= 11 is 0. The topological polar surface area (TPSA) is 29.1 Å². The van der Waals surface area contributed by atoms with Crippen LogP contribution in [0.15, 0.2) is 36.5 Å². The Kier molecular flexibility index (Phi) is 2.35. The quantitative estimate of drug-likeness (QED) is 0.718. The Morgan fingerprint density at radius 2 is 2.07 bits per heavy atom. The van der Waals surface area contributed by atoms with Gasteiger partial charge in [-0.1, -0.05) is 35.9 Å². The van der Waals surface area contributed by atoms with Crippen molar-refractivity contribution in [3.63, 3.8) is 0 Å². The largest absolute Gasteiger partial charge is 0.381 e. The molecule has 1 aromatic carbocycles. The molecule has 0 unspecified atom stereocenters. The molecule has 0 saturated heterocycles. The van der Waals surface area contributed by atoms with Crippen molar-refractivity contribution >= 4 is 5.78 Å². The van der Waals surface area contributed by atoms with Crippen molar-refractivity contribution in [1.82, 2.24) is 5.32 Å². The monoisotopic (exact) mass is 187 g/mol. The highest BCUT2D eigenvalue weighted by atomic mass is 16.1. The highest BCUT2D eigenvalue weighted by molar-refractivity contribution is 6.00. The number of hydrogen-bond acceptors (Lipinski definition) is 2. The van der Waals surface area contributed by atoms with Gasteiger partial charge in [-0.25, -0.2) is 0 Å². The van der Waals surface area contributed by atoms with Crippen molar-refractivity contribution in [3.05, 3.63) is 47.7 Å². The molecule has 1 aliphatic heterocycles. The summed E-state index contributed by atoms with van der Waals surface area (Å²) in [6.45, 7) is 2.02. The maximum Gasteiger partial charge on any atom is 0.185 e. The van der Waals surface area contributed by atoms with E-state index in [0.717, 1.165) is 12.0 Å². The summed E-state index contributed by atoms with van der Waals surface area (Å²) in [5, 5.41) is 3.04. The van der Waals surface area contributed by atoms with Gasteiger partial charge in [-0.3, -0.25) is 4.79 Å². The first-order valence-corrected chi connectivity index (χ1v) is 4.79. The summed E-state index contributed by atoms with van der Waals surface area (Å²) in [6, 6.07) is 7.65. The van der Waals surface area contributed by atoms with Gasteiger partial charge >= 0.3 is 0 Å². The average molecular weight is 187 g/mol. The van der Waals surface area contributed by atoms with Crippen LogP contribution in [0.25, 0.3) is 0 Å². The lowest BCUT2D eigenvalue weighted by atomic mass is 10.0. The van der Waals surface area contributed by atoms with E-state index in [9.17, 15) is 4.79 Å². The molecule has 0 aromatic heterocycles. The molecule has 0 aliphatic carbocycles. The summed E-state index contributed by atoms with van der Waals surface area (Å²) in [5.74, 6) is 0.176. The molecule has 2 nitrogen and oxygen atoms in total. The molecule has 72 valence electrons. The fourth-order valence-electron chi connectivity index (χ4n) is 1.56. The zero-order chi connectivity index (χ0) is 9.97. The van der Waals surface area contributed by atoms with E-state index < -0.39 is 0 Å². The lowest BCUT2D eigenvalue weighted by Crippen LogP contribution is -2.29. The van der Waals surface area contributed by atoms with Crippen LogP contribution in [0.1, 0.15) is 22.3 Å². The Hall–Kier alpha value is -1.57. The van der Waals surface area contributed by atoms with Gasteiger partial charge in [-0.05, 0) is 19.5 Å². The Morgan fingerprint density at radius 1 is 1.36 bits per heavy atom. The van der Waals surface area contributed by atoms with Crippen LogP contribution in [0.5, 0.6) is 0 Å². The Bertz CT molecular complexity index is 356. The summed E-state index contributed by atoms with van der Waals surface area (Å²) in [7, 11) is 0. The number of aryl methyl sites for hydroxylation is 1. The van der Waals surface area contributed by atoms with Gasteiger partial charge in [0.1, 0.15) is 0 Å². The molecule has 0 amide bonds. The van der Waals surface area contributed by atoms with E-state index >= 15 is 0 Å². The normalized spacial score (nSPS) is 19.4. The molecule has 0 fully saturated rings. The zero-order valence-electron chi connectivity index (χ0n) is 8.16. The minimum atomic E-state index is -0.0577. The van der Waals surface area contributed by atoms with Crippen molar-refractivity contribution in [1.29, 1.82) is 0 Å². The fourth-order valence-corrected chi connectivity index (χ4v) is 1.56. The zero-order valence-corrected chi connectivity index (χ0v) is 8.16. The van der Waals surface area contributed by atoms with Crippen molar-refractivity contribution in [2.24, 2.45) is 0 Å². The summed E-state index contributed by atoms with van der Waals surface area (Å²) in [4.78, 5) is 11.9. The number of nitrogens with one attached hydrogen (secondary N) is 1. The first kappa shape index (κ1) is 9.00. The van der Waals surface area contributed by atoms with Crippen LogP contribution in [0.2, 0.25) is 0 Å². The SMILES string of the molecule is Cc1ccc(C(=O)[C@@H]2CC=CN2)cc1. The lowest BCUT2D eigenvalue weighted by Gasteiger charge is -2.09. The summed E-state index contributed by atoms with van der Waals surface area (Å²) in [6.07, 6.45) is 4.63. The number of carbonyl (C=O) groups excluding carboxylic acids is 1. The fraction of sp³-hybridized carbons (Fsp3) is 0.250. The average Bonchev–Trinajstić information content (AvgIpc) is 2.71. The highest BCUT2D eigenvalue weighted by Gasteiger charge is 2.19. The maximum absolute atomic E-state index is 11.9. The molecule has 2 rings (SSSR count). The third kappa shape index (κ3) is 1.69. The van der Waals surface area contributed by atoms with Crippen LogP contribution < -0.4 is 5.32 Å². The van der Waals surface area contributed by atoms with Crippen LogP contribution in [0.4, 0.5) is 0 Å². The highest BCUT2D eigenvalue weighted by Crippen LogP contribution is 2.11. The molecule has 2 heteroatoms. The predicted molar refractivity (Wildman–Crippen MR) is 56.2 cm³/mol. The van der Waals surface area contributed by atoms with Crippen LogP contribution in [-0.4, -0.2) is 11.8 Å². The van der Waals surface area contributed by atoms with E-state index in [1.807, 2.05) is 43.5 Å². The summed E-state index contributed by atoms with van der Waals surface area (Å²) < 4.78 is 0. The second kappa shape index (κ2) is 3.66. The van der Waals surface area contributed by atoms with Crippen LogP contribution >= 0.6 is 0 Å². The van der Waals surface area contributed by atoms with E-state index in [1.165, 1.54) is 5.56 Å². The second-order valence-corrected chi connectivity index (χ2v) is 3.59. The molecule has 0 bridgehead atoms. The van der Waals surface area contributed by atoms with Gasteiger partial charge < -0.3 is 5.32 Å². The van der Waals surface area contributed by atoms with Crippen LogP contribution in [0, 0.1) is 6.92 Å². The number of ketones is 1. The van der Waals surface area contributed by atoms with E-state index in [4.69, 9.17) is 0 Å². The lowest BCUT2D eigenvalue weighted by molar-refractivity contribution is 0.0954. The van der Waals surface area contributed by atoms with E-state index in [2.05, 4.69) is 5.32 Å². The van der Waals surface area contributed by atoms with Crippen LogP contribution in [0.3, 0.4) is 0 Å². The second-order valence-electron chi connectivity index (χ2n) is 3.59. The van der Waals surface area contributed by atoms with E-state index in [1.54, 1.807) is 0 Å². The first-order chi connectivity index (χ1) is 6.77. The first-order valence-electron chi connectivity index (χ1n) is 4.79. The molecular formula is C12H13NO. The molecule has 1 aromatic rings. The van der Waals surface area contributed by atoms with Crippen LogP contribution in [-0.2, 0) is 0 Å². The van der Waals surface area contributed by atoms with Gasteiger partial charge in [-0.15, -0.1) is 0 Å². The molecule has 1 N–H and O–H groups in total. The molecule has 1 heterocycles. The molecule has 0 spiro atoms. The number of carbonyl (C=O) groups is 1. The van der Waals surface area contributed by atoms with Gasteiger partial charge in [0.25, 0.3) is 0 Å². The van der Waals surface area contributed by atoms with Crippen molar-refractivity contribution in [3.8, 4) is 0 Å². The molecule has 14 heavy (non-hydrogen) atoms. The summed E-state index contributed by atoms with van der Waals surface area (Å²) in [5.41, 5.74) is 1.97. The number of hydrogen-bond donors (Lipinski definition) is 1. The molecular weight excluding hydrogens is 174 g/mol. The third-order valence-corrected chi connectivity index (χ3v) is 2.44. The van der Waals surface area contributed by atoms with E-state index in [-0.39, 0.29) is 11.8 Å². The molecule has 0 radical (unpaired) electrons. The Balaban J connectivity index is 2.14. The Morgan fingerprint density at radius 3 is 2.64 bits per heavy atom. The van der Waals surface area contributed by atoms with Gasteiger partial charge in [0, 0.05) is 5.56 Å². The smallest absolute Gasteiger partial charge is 0.185 e. The van der Waals surface area contributed by atoms with Gasteiger partial charge in [0.2, 0.25) is 0 Å². The van der Waals surface area contributed by atoms with E-state index in [0.29, 0.717) is 0 Å². The Labute approximate surface area is 83.6 Å². The maximum atomic E-state index is 11.9. The number of rotatable bonds is 2. The van der Waals surface area contributed by atoms with Crippen molar-refractivity contribution in [2.45, 2.75) is 19.4 Å². The predicted octanol–water partition coefficient (Wildman–Crippen LogP) is 2.05. The van der Waals surface area contributed by atoms with Gasteiger partial charge in [-0.2, -0.15) is 0 Å². The number of Topliss-reactive ketones (excluding diaryl/α,β-unsaturated/α-hetero) is 1. The standard InChI is InChI=1S/C12H13NO/c1-9-4-6-10(7-5-9)12(14)11-3-2-8-13-11/h2,4-8,11,13H,3H2,1H3/t11-/m0/s1. The van der Waals surface area contributed by atoms with Crippen molar-refractivity contribution < 1.29 is 4.79 Å². The molecule has 1 aliphatic rings. The number of benzene rings is 1. The molecule has 1 atom stereocenters. The van der Waals surface area contributed by atoms with Crippen molar-refractivity contribution in [2.75, 3.05) is 0 Å². The third-order valence-electron chi connectivity index (χ3n) is 2.44. The molecule has 0 saturated carbocycles. The minimum absolute atomic E-state index is 0.0577. The van der Waals surface area contributed by atoms with Gasteiger partial charge in [0.15, 0.2) is 5.78 Å². The van der Waals surface area contributed by atoms with Gasteiger partial charge in [0.05, 0.1) is 6.04 Å². The minimum Gasteiger partial charge on any atom is -0.381 e.